The molecule has 0 bridgehead atoms. The van der Waals surface area contributed by atoms with Gasteiger partial charge in [0, 0.05) is 13.1 Å². The van der Waals surface area contributed by atoms with Crippen LogP contribution in [0, 0.1) is 11.8 Å². The van der Waals surface area contributed by atoms with Crippen LogP contribution in [0.15, 0.2) is 0 Å². The molecule has 0 heterocycles. The van der Waals surface area contributed by atoms with Gasteiger partial charge in [-0.05, 0) is 25.3 Å². The Balaban J connectivity index is 2.28. The van der Waals surface area contributed by atoms with Crippen molar-refractivity contribution in [2.45, 2.75) is 33.1 Å². The van der Waals surface area contributed by atoms with E-state index in [1.807, 2.05) is 6.92 Å². The Bertz CT molecular complexity index is 202. The molecule has 3 heteroatoms. The molecule has 1 fully saturated rings. The number of nitrogens with zero attached hydrogens (tertiary/aromatic N) is 1. The molecule has 88 valence electrons. The fourth-order valence-electron chi connectivity index (χ4n) is 2.04. The summed E-state index contributed by atoms with van der Waals surface area (Å²) in [6.45, 7) is 7.10. The minimum absolute atomic E-state index is 0.00461. The topological polar surface area (TPSA) is 29.5 Å². The summed E-state index contributed by atoms with van der Waals surface area (Å²) in [6, 6.07) is 0. The van der Waals surface area contributed by atoms with Crippen molar-refractivity contribution in [2.24, 2.45) is 11.8 Å². The molecule has 1 aliphatic carbocycles. The van der Waals surface area contributed by atoms with Crippen molar-refractivity contribution in [1.82, 2.24) is 4.90 Å². The Labute approximate surface area is 92.8 Å². The minimum Gasteiger partial charge on any atom is -0.469 e. The van der Waals surface area contributed by atoms with Gasteiger partial charge in [0.2, 0.25) is 0 Å². The summed E-state index contributed by atoms with van der Waals surface area (Å²) in [4.78, 5) is 13.7. The molecule has 0 radical (unpaired) electrons. The number of hydrogen-bond donors (Lipinski definition) is 0. The van der Waals surface area contributed by atoms with E-state index >= 15 is 0 Å². The minimum atomic E-state index is -0.0953. The highest BCUT2D eigenvalue weighted by atomic mass is 16.5. The number of carbonyl (C=O) groups is 1. The largest absolute Gasteiger partial charge is 0.469 e. The van der Waals surface area contributed by atoms with E-state index in [2.05, 4.69) is 11.8 Å². The first-order valence-electron chi connectivity index (χ1n) is 5.97. The van der Waals surface area contributed by atoms with Gasteiger partial charge < -0.3 is 9.64 Å². The molecule has 0 aromatic carbocycles. The second kappa shape index (κ2) is 6.11. The number of hydrogen-bond acceptors (Lipinski definition) is 3. The summed E-state index contributed by atoms with van der Waals surface area (Å²) >= 11 is 0. The maximum absolute atomic E-state index is 11.3. The normalized spacial score (nSPS) is 18.7. The first kappa shape index (κ1) is 12.5. The van der Waals surface area contributed by atoms with Crippen LogP contribution in [0.4, 0.5) is 0 Å². The monoisotopic (exact) mass is 213 g/mol. The number of rotatable bonds is 6. The molecule has 0 amide bonds. The molecule has 0 aliphatic heterocycles. The van der Waals surface area contributed by atoms with Crippen LogP contribution in [0.2, 0.25) is 0 Å². The summed E-state index contributed by atoms with van der Waals surface area (Å²) in [6.07, 6.45) is 4.11. The predicted molar refractivity (Wildman–Crippen MR) is 60.6 cm³/mol. The summed E-state index contributed by atoms with van der Waals surface area (Å²) < 4.78 is 4.74. The van der Waals surface area contributed by atoms with Gasteiger partial charge >= 0.3 is 5.97 Å². The van der Waals surface area contributed by atoms with E-state index in [-0.39, 0.29) is 11.9 Å². The third kappa shape index (κ3) is 3.82. The molecule has 0 N–H and O–H groups in total. The van der Waals surface area contributed by atoms with E-state index in [1.54, 1.807) is 0 Å². The van der Waals surface area contributed by atoms with Gasteiger partial charge in [-0.3, -0.25) is 4.79 Å². The standard InChI is InChI=1S/C12H23NO2/c1-4-13(9-11-6-5-7-11)8-10(2)12(14)15-3/h10-11H,4-9H2,1-3H3. The smallest absolute Gasteiger partial charge is 0.309 e. The molecule has 15 heavy (non-hydrogen) atoms. The zero-order valence-corrected chi connectivity index (χ0v) is 10.2. The molecule has 1 atom stereocenters. The second-order valence-electron chi connectivity index (χ2n) is 4.57. The summed E-state index contributed by atoms with van der Waals surface area (Å²) in [7, 11) is 1.46. The average Bonchev–Trinajstić information content (AvgIpc) is 2.19. The van der Waals surface area contributed by atoms with E-state index in [0.717, 1.165) is 25.6 Å². The average molecular weight is 213 g/mol. The molecular weight excluding hydrogens is 190 g/mol. The number of methoxy groups -OCH3 is 1. The fraction of sp³-hybridized carbons (Fsp3) is 0.917. The van der Waals surface area contributed by atoms with Crippen molar-refractivity contribution in [3.05, 3.63) is 0 Å². The molecule has 0 spiro atoms. The van der Waals surface area contributed by atoms with Crippen molar-refractivity contribution in [3.63, 3.8) is 0 Å². The molecule has 0 saturated heterocycles. The van der Waals surface area contributed by atoms with Crippen molar-refractivity contribution in [2.75, 3.05) is 26.7 Å². The van der Waals surface area contributed by atoms with Gasteiger partial charge in [-0.25, -0.2) is 0 Å². The van der Waals surface area contributed by atoms with Gasteiger partial charge in [-0.1, -0.05) is 20.3 Å². The van der Waals surface area contributed by atoms with E-state index < -0.39 is 0 Å². The first-order chi connectivity index (χ1) is 7.17. The van der Waals surface area contributed by atoms with Crippen LogP contribution in [0.25, 0.3) is 0 Å². The summed E-state index contributed by atoms with van der Waals surface area (Å²) in [5.74, 6) is 0.770. The molecule has 1 aliphatic rings. The van der Waals surface area contributed by atoms with Gasteiger partial charge in [0.1, 0.15) is 0 Å². The van der Waals surface area contributed by atoms with Gasteiger partial charge in [0.05, 0.1) is 13.0 Å². The highest BCUT2D eigenvalue weighted by molar-refractivity contribution is 5.72. The molecule has 1 unspecified atom stereocenters. The van der Waals surface area contributed by atoms with Crippen LogP contribution in [0.1, 0.15) is 33.1 Å². The van der Waals surface area contributed by atoms with Crippen LogP contribution in [-0.4, -0.2) is 37.6 Å². The Morgan fingerprint density at radius 2 is 2.20 bits per heavy atom. The van der Waals surface area contributed by atoms with E-state index in [9.17, 15) is 4.79 Å². The van der Waals surface area contributed by atoms with E-state index in [4.69, 9.17) is 4.74 Å². The fourth-order valence-corrected chi connectivity index (χ4v) is 2.04. The quantitative estimate of drug-likeness (QED) is 0.631. The Morgan fingerprint density at radius 1 is 1.53 bits per heavy atom. The second-order valence-corrected chi connectivity index (χ2v) is 4.57. The number of ether oxygens (including phenoxy) is 1. The molecule has 1 saturated carbocycles. The zero-order valence-electron chi connectivity index (χ0n) is 10.2. The van der Waals surface area contributed by atoms with Crippen molar-refractivity contribution in [3.8, 4) is 0 Å². The first-order valence-corrected chi connectivity index (χ1v) is 5.97. The molecule has 0 aromatic heterocycles. The third-order valence-electron chi connectivity index (χ3n) is 3.32. The van der Waals surface area contributed by atoms with Gasteiger partial charge in [-0.2, -0.15) is 0 Å². The molecule has 0 aromatic rings. The lowest BCUT2D eigenvalue weighted by Gasteiger charge is -2.32. The van der Waals surface area contributed by atoms with Gasteiger partial charge in [-0.15, -0.1) is 0 Å². The zero-order chi connectivity index (χ0) is 11.3. The number of esters is 1. The maximum atomic E-state index is 11.3. The Morgan fingerprint density at radius 3 is 2.60 bits per heavy atom. The highest BCUT2D eigenvalue weighted by Gasteiger charge is 2.22. The number of carbonyl (C=O) groups excluding carboxylic acids is 1. The molecular formula is C12H23NO2. The Hall–Kier alpha value is -0.570. The summed E-state index contributed by atoms with van der Waals surface area (Å²) in [5, 5.41) is 0. The van der Waals surface area contributed by atoms with E-state index in [0.29, 0.717) is 0 Å². The van der Waals surface area contributed by atoms with E-state index in [1.165, 1.54) is 26.4 Å². The lowest BCUT2D eigenvalue weighted by atomic mass is 9.85. The highest BCUT2D eigenvalue weighted by Crippen LogP contribution is 2.27. The Kier molecular flexibility index (Phi) is 5.09. The summed E-state index contributed by atoms with van der Waals surface area (Å²) in [5.41, 5.74) is 0. The molecule has 3 nitrogen and oxygen atoms in total. The third-order valence-corrected chi connectivity index (χ3v) is 3.32. The predicted octanol–water partition coefficient (Wildman–Crippen LogP) is 1.92. The van der Waals surface area contributed by atoms with Crippen LogP contribution in [0.5, 0.6) is 0 Å². The van der Waals surface area contributed by atoms with Crippen LogP contribution in [0.3, 0.4) is 0 Å². The van der Waals surface area contributed by atoms with Crippen LogP contribution in [-0.2, 0) is 9.53 Å². The van der Waals surface area contributed by atoms with Crippen LogP contribution < -0.4 is 0 Å². The van der Waals surface area contributed by atoms with Crippen molar-refractivity contribution >= 4 is 5.97 Å². The SMILES string of the molecule is CCN(CC1CCC1)CC(C)C(=O)OC. The van der Waals surface area contributed by atoms with Gasteiger partial charge in [0.25, 0.3) is 0 Å². The maximum Gasteiger partial charge on any atom is 0.309 e. The van der Waals surface area contributed by atoms with Crippen molar-refractivity contribution < 1.29 is 9.53 Å². The lowest BCUT2D eigenvalue weighted by molar-refractivity contribution is -0.145. The molecule has 1 rings (SSSR count). The van der Waals surface area contributed by atoms with Gasteiger partial charge in [0.15, 0.2) is 0 Å². The lowest BCUT2D eigenvalue weighted by Crippen LogP contribution is -2.37. The van der Waals surface area contributed by atoms with Crippen molar-refractivity contribution in [1.29, 1.82) is 0 Å². The van der Waals surface area contributed by atoms with Crippen LogP contribution >= 0.6 is 0 Å².